The Kier molecular flexibility index (Phi) is 2.83. The number of rotatable bonds is 2. The number of fused-ring (bicyclic) bond motifs is 1. The van der Waals surface area contributed by atoms with E-state index in [-0.39, 0.29) is 5.56 Å². The van der Waals surface area contributed by atoms with E-state index in [0.29, 0.717) is 5.69 Å². The number of para-hydroxylation sites is 1. The second-order valence-electron chi connectivity index (χ2n) is 4.99. The molecular formula is C17H12N4O. The third-order valence-corrected chi connectivity index (χ3v) is 3.54. The molecule has 0 spiro atoms. The molecule has 0 amide bonds. The van der Waals surface area contributed by atoms with Crippen molar-refractivity contribution in [1.82, 2.24) is 20.0 Å². The van der Waals surface area contributed by atoms with Crippen molar-refractivity contribution < 1.29 is 0 Å². The van der Waals surface area contributed by atoms with Gasteiger partial charge in [-0.1, -0.05) is 53.7 Å². The van der Waals surface area contributed by atoms with Gasteiger partial charge in [0.05, 0.1) is 6.20 Å². The van der Waals surface area contributed by atoms with Crippen molar-refractivity contribution in [2.24, 2.45) is 0 Å². The number of benzene rings is 2. The summed E-state index contributed by atoms with van der Waals surface area (Å²) in [6.07, 6.45) is 1.76. The predicted molar refractivity (Wildman–Crippen MR) is 84.9 cm³/mol. The molecule has 0 aliphatic heterocycles. The SMILES string of the molecule is O=c1[nH]c2ccccc2cc1-n1cc(-c2ccccc2)nn1. The zero-order valence-corrected chi connectivity index (χ0v) is 11.6. The van der Waals surface area contributed by atoms with Crippen molar-refractivity contribution in [3.05, 3.63) is 77.2 Å². The highest BCUT2D eigenvalue weighted by Gasteiger charge is 2.09. The molecule has 0 saturated heterocycles. The first-order valence-electron chi connectivity index (χ1n) is 6.91. The minimum absolute atomic E-state index is 0.191. The van der Waals surface area contributed by atoms with Crippen molar-refractivity contribution in [2.45, 2.75) is 0 Å². The van der Waals surface area contributed by atoms with Crippen molar-refractivity contribution in [1.29, 1.82) is 0 Å². The molecule has 1 N–H and O–H groups in total. The highest BCUT2D eigenvalue weighted by atomic mass is 16.1. The summed E-state index contributed by atoms with van der Waals surface area (Å²) in [7, 11) is 0. The normalized spacial score (nSPS) is 10.9. The number of H-pyrrole nitrogens is 1. The second-order valence-corrected chi connectivity index (χ2v) is 4.99. The molecule has 0 aliphatic rings. The van der Waals surface area contributed by atoms with E-state index >= 15 is 0 Å². The zero-order chi connectivity index (χ0) is 14.9. The van der Waals surface area contributed by atoms with E-state index in [0.717, 1.165) is 22.2 Å². The molecule has 22 heavy (non-hydrogen) atoms. The van der Waals surface area contributed by atoms with E-state index in [4.69, 9.17) is 0 Å². The van der Waals surface area contributed by atoms with Gasteiger partial charge in [-0.05, 0) is 12.1 Å². The summed E-state index contributed by atoms with van der Waals surface area (Å²) in [4.78, 5) is 15.1. The highest BCUT2D eigenvalue weighted by molar-refractivity contribution is 5.80. The molecule has 2 aromatic carbocycles. The Morgan fingerprint density at radius 1 is 0.955 bits per heavy atom. The lowest BCUT2D eigenvalue weighted by Crippen LogP contribution is -2.14. The van der Waals surface area contributed by atoms with Crippen LogP contribution in [0.2, 0.25) is 0 Å². The van der Waals surface area contributed by atoms with Crippen LogP contribution >= 0.6 is 0 Å². The molecule has 2 aromatic heterocycles. The summed E-state index contributed by atoms with van der Waals surface area (Å²) in [5, 5.41) is 9.17. The third kappa shape index (κ3) is 2.09. The molecule has 0 fully saturated rings. The number of nitrogens with zero attached hydrogens (tertiary/aromatic N) is 3. The monoisotopic (exact) mass is 288 g/mol. The van der Waals surface area contributed by atoms with Crippen LogP contribution in [0.15, 0.2) is 71.7 Å². The molecule has 4 rings (SSSR count). The molecule has 2 heterocycles. The Balaban J connectivity index is 1.84. The molecule has 0 saturated carbocycles. The summed E-state index contributed by atoms with van der Waals surface area (Å²) in [5.74, 6) is 0. The quantitative estimate of drug-likeness (QED) is 0.617. The standard InChI is InChI=1S/C17H12N4O/c22-17-16(10-13-8-4-5-9-14(13)18-17)21-11-15(19-20-21)12-6-2-1-3-7-12/h1-11H,(H,18,22). The van der Waals surface area contributed by atoms with Gasteiger partial charge in [-0.3, -0.25) is 4.79 Å². The maximum Gasteiger partial charge on any atom is 0.274 e. The van der Waals surface area contributed by atoms with E-state index in [2.05, 4.69) is 15.3 Å². The summed E-state index contributed by atoms with van der Waals surface area (Å²) in [6, 6.07) is 19.2. The molecule has 5 nitrogen and oxygen atoms in total. The fourth-order valence-corrected chi connectivity index (χ4v) is 2.43. The first-order valence-corrected chi connectivity index (χ1v) is 6.91. The molecule has 0 atom stereocenters. The van der Waals surface area contributed by atoms with Crippen LogP contribution in [0, 0.1) is 0 Å². The van der Waals surface area contributed by atoms with Gasteiger partial charge in [-0.2, -0.15) is 0 Å². The number of hydrogen-bond donors (Lipinski definition) is 1. The van der Waals surface area contributed by atoms with Gasteiger partial charge in [0, 0.05) is 16.5 Å². The summed E-state index contributed by atoms with van der Waals surface area (Å²) in [6.45, 7) is 0. The van der Waals surface area contributed by atoms with Gasteiger partial charge in [-0.15, -0.1) is 5.10 Å². The highest BCUT2D eigenvalue weighted by Crippen LogP contribution is 2.17. The van der Waals surface area contributed by atoms with E-state index in [1.54, 1.807) is 6.20 Å². The number of pyridine rings is 1. The van der Waals surface area contributed by atoms with E-state index in [9.17, 15) is 4.79 Å². The number of nitrogens with one attached hydrogen (secondary N) is 1. The average molecular weight is 288 g/mol. The van der Waals surface area contributed by atoms with Gasteiger partial charge < -0.3 is 4.98 Å². The molecular weight excluding hydrogens is 276 g/mol. The van der Waals surface area contributed by atoms with E-state index in [1.165, 1.54) is 4.68 Å². The maximum absolute atomic E-state index is 12.2. The van der Waals surface area contributed by atoms with E-state index in [1.807, 2.05) is 60.7 Å². The Morgan fingerprint density at radius 3 is 2.59 bits per heavy atom. The van der Waals surface area contributed by atoms with Crippen molar-refractivity contribution in [3.8, 4) is 16.9 Å². The Labute approximate surface area is 125 Å². The first kappa shape index (κ1) is 12.5. The van der Waals surface area contributed by atoms with Gasteiger partial charge in [0.15, 0.2) is 0 Å². The predicted octanol–water partition coefficient (Wildman–Crippen LogP) is 2.78. The van der Waals surface area contributed by atoms with E-state index < -0.39 is 0 Å². The third-order valence-electron chi connectivity index (χ3n) is 3.54. The number of hydrogen-bond acceptors (Lipinski definition) is 3. The first-order chi connectivity index (χ1) is 10.8. The number of aromatic amines is 1. The van der Waals surface area contributed by atoms with Crippen molar-refractivity contribution in [2.75, 3.05) is 0 Å². The van der Waals surface area contributed by atoms with Crippen LogP contribution in [0.3, 0.4) is 0 Å². The van der Waals surface area contributed by atoms with Crippen LogP contribution in [-0.4, -0.2) is 20.0 Å². The summed E-state index contributed by atoms with van der Waals surface area (Å²) < 4.78 is 1.51. The Morgan fingerprint density at radius 2 is 1.73 bits per heavy atom. The topological polar surface area (TPSA) is 63.6 Å². The van der Waals surface area contributed by atoms with Crippen LogP contribution in [0.25, 0.3) is 27.8 Å². The fourth-order valence-electron chi connectivity index (χ4n) is 2.43. The smallest absolute Gasteiger partial charge is 0.274 e. The summed E-state index contributed by atoms with van der Waals surface area (Å²) in [5.41, 5.74) is 2.76. The largest absolute Gasteiger partial charge is 0.320 e. The Hall–Kier alpha value is -3.21. The Bertz CT molecular complexity index is 1000. The molecule has 4 aromatic rings. The second kappa shape index (κ2) is 4.96. The van der Waals surface area contributed by atoms with Gasteiger partial charge in [-0.25, -0.2) is 4.68 Å². The zero-order valence-electron chi connectivity index (χ0n) is 11.6. The molecule has 0 unspecified atom stereocenters. The van der Waals surface area contributed by atoms with Gasteiger partial charge in [0.25, 0.3) is 5.56 Å². The van der Waals surface area contributed by atoms with Crippen LogP contribution in [-0.2, 0) is 0 Å². The minimum Gasteiger partial charge on any atom is -0.320 e. The van der Waals surface area contributed by atoms with Crippen LogP contribution in [0.5, 0.6) is 0 Å². The molecule has 0 bridgehead atoms. The molecule has 0 radical (unpaired) electrons. The van der Waals surface area contributed by atoms with Gasteiger partial charge in [0.2, 0.25) is 0 Å². The van der Waals surface area contributed by atoms with Crippen LogP contribution in [0.1, 0.15) is 0 Å². The minimum atomic E-state index is -0.191. The number of aromatic nitrogens is 4. The fraction of sp³-hybridized carbons (Fsp3) is 0. The van der Waals surface area contributed by atoms with Crippen molar-refractivity contribution >= 4 is 10.9 Å². The lowest BCUT2D eigenvalue weighted by molar-refractivity contribution is 0.795. The molecule has 5 heteroatoms. The lowest BCUT2D eigenvalue weighted by Gasteiger charge is -2.02. The lowest BCUT2D eigenvalue weighted by atomic mass is 10.2. The van der Waals surface area contributed by atoms with Crippen molar-refractivity contribution in [3.63, 3.8) is 0 Å². The molecule has 106 valence electrons. The van der Waals surface area contributed by atoms with Gasteiger partial charge >= 0.3 is 0 Å². The van der Waals surface area contributed by atoms with Crippen LogP contribution in [0.4, 0.5) is 0 Å². The van der Waals surface area contributed by atoms with Crippen LogP contribution < -0.4 is 5.56 Å². The average Bonchev–Trinajstić information content (AvgIpc) is 3.05. The molecule has 0 aliphatic carbocycles. The van der Waals surface area contributed by atoms with Gasteiger partial charge in [0.1, 0.15) is 11.4 Å². The maximum atomic E-state index is 12.2. The summed E-state index contributed by atoms with van der Waals surface area (Å²) >= 11 is 0.